The van der Waals surface area contributed by atoms with E-state index < -0.39 is 0 Å². The normalized spacial score (nSPS) is 15.7. The molecule has 0 saturated carbocycles. The minimum atomic E-state index is -0.0847. The zero-order valence-electron chi connectivity index (χ0n) is 12.6. The van der Waals surface area contributed by atoms with Crippen molar-refractivity contribution in [2.45, 2.75) is 6.54 Å². The van der Waals surface area contributed by atoms with Crippen molar-refractivity contribution in [3.63, 3.8) is 0 Å². The molecule has 2 heterocycles. The van der Waals surface area contributed by atoms with Gasteiger partial charge in [0.2, 0.25) is 0 Å². The molecule has 1 aromatic heterocycles. The summed E-state index contributed by atoms with van der Waals surface area (Å²) in [5.74, 6) is -0.0847. The predicted molar refractivity (Wildman–Crippen MR) is 91.9 cm³/mol. The molecule has 6 heteroatoms. The Labute approximate surface area is 145 Å². The highest BCUT2D eigenvalue weighted by Crippen LogP contribution is 2.19. The molecule has 0 N–H and O–H groups in total. The van der Waals surface area contributed by atoms with Gasteiger partial charge in [-0.2, -0.15) is 0 Å². The Morgan fingerprint density at radius 3 is 2.35 bits per heavy atom. The number of nitrogens with zero attached hydrogens (tertiary/aromatic N) is 3. The number of hydrogen-bond acceptors (Lipinski definition) is 3. The molecule has 2 aromatic rings. The fraction of sp³-hybridized carbons (Fsp3) is 0.294. The first-order chi connectivity index (χ1) is 11.1. The van der Waals surface area contributed by atoms with Gasteiger partial charge in [0.25, 0.3) is 5.91 Å². The van der Waals surface area contributed by atoms with Crippen LogP contribution in [0.5, 0.6) is 0 Å². The Morgan fingerprint density at radius 1 is 1.00 bits per heavy atom. The van der Waals surface area contributed by atoms with Gasteiger partial charge in [0.1, 0.15) is 10.3 Å². The maximum atomic E-state index is 12.5. The lowest BCUT2D eigenvalue weighted by Gasteiger charge is -2.34. The summed E-state index contributed by atoms with van der Waals surface area (Å²) < 4.78 is 0. The van der Waals surface area contributed by atoms with Crippen LogP contribution >= 0.6 is 23.2 Å². The quantitative estimate of drug-likeness (QED) is 0.797. The van der Waals surface area contributed by atoms with Gasteiger partial charge in [-0.3, -0.25) is 9.69 Å². The van der Waals surface area contributed by atoms with E-state index in [1.165, 1.54) is 5.56 Å². The highest BCUT2D eigenvalue weighted by atomic mass is 35.5. The number of benzene rings is 1. The lowest BCUT2D eigenvalue weighted by Crippen LogP contribution is -2.48. The summed E-state index contributed by atoms with van der Waals surface area (Å²) in [6.07, 6.45) is 0. The third kappa shape index (κ3) is 4.02. The van der Waals surface area contributed by atoms with Crippen LogP contribution in [0.4, 0.5) is 0 Å². The van der Waals surface area contributed by atoms with Crippen LogP contribution in [0.1, 0.15) is 15.9 Å². The monoisotopic (exact) mass is 349 g/mol. The molecule has 0 spiro atoms. The number of pyridine rings is 1. The smallest absolute Gasteiger partial charge is 0.257 e. The summed E-state index contributed by atoms with van der Waals surface area (Å²) in [5, 5.41) is 0.452. The van der Waals surface area contributed by atoms with Crippen molar-refractivity contribution in [1.29, 1.82) is 0 Å². The summed E-state index contributed by atoms with van der Waals surface area (Å²) >= 11 is 11.8. The third-order valence-corrected chi connectivity index (χ3v) is 4.45. The molecule has 1 amide bonds. The predicted octanol–water partition coefficient (Wildman–Crippen LogP) is 3.35. The average Bonchev–Trinajstić information content (AvgIpc) is 2.56. The summed E-state index contributed by atoms with van der Waals surface area (Å²) in [4.78, 5) is 20.6. The third-order valence-electron chi connectivity index (χ3n) is 3.95. The number of piperazine rings is 1. The molecule has 0 atom stereocenters. The Morgan fingerprint density at radius 2 is 1.70 bits per heavy atom. The van der Waals surface area contributed by atoms with Crippen molar-refractivity contribution in [2.75, 3.05) is 26.2 Å². The van der Waals surface area contributed by atoms with E-state index in [0.29, 0.717) is 23.8 Å². The van der Waals surface area contributed by atoms with Gasteiger partial charge in [-0.1, -0.05) is 53.5 Å². The molecule has 0 radical (unpaired) electrons. The van der Waals surface area contributed by atoms with E-state index in [9.17, 15) is 4.79 Å². The second-order valence-electron chi connectivity index (χ2n) is 5.53. The maximum absolute atomic E-state index is 12.5. The molecule has 1 aliphatic rings. The van der Waals surface area contributed by atoms with Crippen LogP contribution in [0.2, 0.25) is 10.3 Å². The molecule has 0 aliphatic carbocycles. The van der Waals surface area contributed by atoms with Crippen molar-refractivity contribution in [2.24, 2.45) is 0 Å². The molecule has 1 fully saturated rings. The van der Waals surface area contributed by atoms with Crippen LogP contribution in [-0.4, -0.2) is 46.9 Å². The minimum Gasteiger partial charge on any atom is -0.336 e. The minimum absolute atomic E-state index is 0.0847. The number of amides is 1. The molecular formula is C17H17Cl2N3O. The molecule has 1 aromatic carbocycles. The highest BCUT2D eigenvalue weighted by molar-refractivity contribution is 6.34. The molecule has 0 unspecified atom stereocenters. The fourth-order valence-corrected chi connectivity index (χ4v) is 3.12. The molecular weight excluding hydrogens is 333 g/mol. The van der Waals surface area contributed by atoms with Crippen LogP contribution < -0.4 is 0 Å². The number of rotatable bonds is 3. The number of halogens is 2. The Kier molecular flexibility index (Phi) is 5.16. The van der Waals surface area contributed by atoms with Crippen molar-refractivity contribution in [3.05, 3.63) is 63.9 Å². The lowest BCUT2D eigenvalue weighted by molar-refractivity contribution is 0.0628. The first-order valence-electron chi connectivity index (χ1n) is 7.51. The van der Waals surface area contributed by atoms with Crippen molar-refractivity contribution >= 4 is 29.1 Å². The van der Waals surface area contributed by atoms with Gasteiger partial charge < -0.3 is 4.90 Å². The molecule has 1 saturated heterocycles. The molecule has 4 nitrogen and oxygen atoms in total. The maximum Gasteiger partial charge on any atom is 0.257 e. The standard InChI is InChI=1S/C17H17Cl2N3O/c18-15-7-6-14(16(19)20-15)17(23)22-10-8-21(9-11-22)12-13-4-2-1-3-5-13/h1-7H,8-12H2. The second-order valence-corrected chi connectivity index (χ2v) is 6.27. The van der Waals surface area contributed by atoms with E-state index in [-0.39, 0.29) is 11.1 Å². The van der Waals surface area contributed by atoms with E-state index in [0.717, 1.165) is 19.6 Å². The molecule has 120 valence electrons. The van der Waals surface area contributed by atoms with E-state index in [1.54, 1.807) is 12.1 Å². The zero-order chi connectivity index (χ0) is 16.2. The van der Waals surface area contributed by atoms with Gasteiger partial charge in [0, 0.05) is 32.7 Å². The summed E-state index contributed by atoms with van der Waals surface area (Å²) in [6, 6.07) is 13.6. The number of carbonyl (C=O) groups excluding carboxylic acids is 1. The second kappa shape index (κ2) is 7.30. The summed E-state index contributed by atoms with van der Waals surface area (Å²) in [7, 11) is 0. The van der Waals surface area contributed by atoms with Gasteiger partial charge in [0.15, 0.2) is 0 Å². The van der Waals surface area contributed by atoms with Gasteiger partial charge in [-0.05, 0) is 17.7 Å². The fourth-order valence-electron chi connectivity index (χ4n) is 2.69. The zero-order valence-corrected chi connectivity index (χ0v) is 14.1. The van der Waals surface area contributed by atoms with Crippen LogP contribution in [0, 0.1) is 0 Å². The van der Waals surface area contributed by atoms with Crippen LogP contribution in [0.15, 0.2) is 42.5 Å². The summed E-state index contributed by atoms with van der Waals surface area (Å²) in [5.41, 5.74) is 1.70. The van der Waals surface area contributed by atoms with Crippen LogP contribution in [-0.2, 0) is 6.54 Å². The number of hydrogen-bond donors (Lipinski definition) is 0. The molecule has 3 rings (SSSR count). The Bertz CT molecular complexity index is 685. The Hall–Kier alpha value is -1.62. The molecule has 0 bridgehead atoms. The SMILES string of the molecule is O=C(c1ccc(Cl)nc1Cl)N1CCN(Cc2ccccc2)CC1. The van der Waals surface area contributed by atoms with Crippen molar-refractivity contribution in [1.82, 2.24) is 14.8 Å². The Balaban J connectivity index is 1.59. The summed E-state index contributed by atoms with van der Waals surface area (Å²) in [6.45, 7) is 3.97. The van der Waals surface area contributed by atoms with E-state index in [1.807, 2.05) is 23.1 Å². The lowest BCUT2D eigenvalue weighted by atomic mass is 10.2. The largest absolute Gasteiger partial charge is 0.336 e. The van der Waals surface area contributed by atoms with Crippen LogP contribution in [0.25, 0.3) is 0 Å². The molecule has 1 aliphatic heterocycles. The van der Waals surface area contributed by atoms with Gasteiger partial charge >= 0.3 is 0 Å². The highest BCUT2D eigenvalue weighted by Gasteiger charge is 2.24. The van der Waals surface area contributed by atoms with Gasteiger partial charge in [-0.25, -0.2) is 4.98 Å². The first kappa shape index (κ1) is 16.2. The number of aromatic nitrogens is 1. The number of carbonyl (C=O) groups is 1. The van der Waals surface area contributed by atoms with Crippen molar-refractivity contribution < 1.29 is 4.79 Å². The average molecular weight is 350 g/mol. The van der Waals surface area contributed by atoms with E-state index in [4.69, 9.17) is 23.2 Å². The van der Waals surface area contributed by atoms with E-state index in [2.05, 4.69) is 22.0 Å². The van der Waals surface area contributed by atoms with Crippen molar-refractivity contribution in [3.8, 4) is 0 Å². The van der Waals surface area contributed by atoms with Crippen LogP contribution in [0.3, 0.4) is 0 Å². The molecule has 23 heavy (non-hydrogen) atoms. The van der Waals surface area contributed by atoms with Gasteiger partial charge in [0.05, 0.1) is 5.56 Å². The van der Waals surface area contributed by atoms with Gasteiger partial charge in [-0.15, -0.1) is 0 Å². The topological polar surface area (TPSA) is 36.4 Å². The first-order valence-corrected chi connectivity index (χ1v) is 8.26. The van der Waals surface area contributed by atoms with E-state index >= 15 is 0 Å².